The maximum Gasteiger partial charge on any atom is 0.125 e. The molecule has 0 saturated carbocycles. The summed E-state index contributed by atoms with van der Waals surface area (Å²) >= 11 is 3.39. The maximum absolute atomic E-state index is 9.19. The fourth-order valence-corrected chi connectivity index (χ4v) is 2.11. The topological polar surface area (TPSA) is 55.5 Å². The van der Waals surface area contributed by atoms with Gasteiger partial charge in [0.15, 0.2) is 0 Å². The van der Waals surface area contributed by atoms with Crippen LogP contribution >= 0.6 is 15.9 Å². The van der Waals surface area contributed by atoms with E-state index in [-0.39, 0.29) is 6.61 Å². The van der Waals surface area contributed by atoms with Crippen LogP contribution in [0.3, 0.4) is 0 Å². The number of methoxy groups -OCH3 is 1. The van der Waals surface area contributed by atoms with Crippen molar-refractivity contribution in [2.24, 2.45) is 5.73 Å². The molecule has 0 fully saturated rings. The zero-order valence-electron chi connectivity index (χ0n) is 8.25. The fourth-order valence-electron chi connectivity index (χ4n) is 1.31. The van der Waals surface area contributed by atoms with E-state index in [0.717, 1.165) is 10.0 Å². The predicted octanol–water partition coefficient (Wildman–Crippen LogP) is 1.62. The van der Waals surface area contributed by atoms with Crippen molar-refractivity contribution >= 4 is 15.9 Å². The highest BCUT2D eigenvalue weighted by Crippen LogP contribution is 2.34. The van der Waals surface area contributed by atoms with Crippen molar-refractivity contribution < 1.29 is 9.84 Å². The van der Waals surface area contributed by atoms with E-state index in [1.165, 1.54) is 0 Å². The second-order valence-corrected chi connectivity index (χ2v) is 4.25. The predicted molar refractivity (Wildman–Crippen MR) is 59.3 cm³/mol. The lowest BCUT2D eigenvalue weighted by atomic mass is 9.93. The first kappa shape index (κ1) is 11.5. The van der Waals surface area contributed by atoms with Crippen LogP contribution in [0.4, 0.5) is 0 Å². The van der Waals surface area contributed by atoms with Gasteiger partial charge in [-0.1, -0.05) is 22.0 Å². The number of nitrogens with two attached hydrogens (primary N) is 1. The second kappa shape index (κ2) is 4.29. The Bertz CT molecular complexity index is 326. The van der Waals surface area contributed by atoms with Gasteiger partial charge in [-0.25, -0.2) is 0 Å². The Labute approximate surface area is 92.0 Å². The molecule has 0 spiro atoms. The van der Waals surface area contributed by atoms with Crippen LogP contribution in [0, 0.1) is 0 Å². The Morgan fingerprint density at radius 1 is 1.57 bits per heavy atom. The van der Waals surface area contributed by atoms with Crippen molar-refractivity contribution in [1.29, 1.82) is 0 Å². The molecule has 0 saturated heterocycles. The lowest BCUT2D eigenvalue weighted by molar-refractivity contribution is 0.206. The van der Waals surface area contributed by atoms with Crippen LogP contribution < -0.4 is 10.5 Å². The highest BCUT2D eigenvalue weighted by atomic mass is 79.9. The number of halogens is 1. The summed E-state index contributed by atoms with van der Waals surface area (Å²) in [6, 6.07) is 5.55. The van der Waals surface area contributed by atoms with Crippen molar-refractivity contribution in [2.45, 2.75) is 12.5 Å². The quantitative estimate of drug-likeness (QED) is 0.868. The Hall–Kier alpha value is -0.580. The number of aliphatic hydroxyl groups is 1. The maximum atomic E-state index is 9.19. The summed E-state index contributed by atoms with van der Waals surface area (Å²) in [6.45, 7) is 1.63. The first-order valence-corrected chi connectivity index (χ1v) is 5.05. The van der Waals surface area contributed by atoms with Crippen molar-refractivity contribution in [1.82, 2.24) is 0 Å². The number of rotatable bonds is 3. The van der Waals surface area contributed by atoms with Crippen LogP contribution in [0.15, 0.2) is 22.7 Å². The zero-order valence-corrected chi connectivity index (χ0v) is 9.84. The van der Waals surface area contributed by atoms with Crippen molar-refractivity contribution in [3.05, 3.63) is 28.2 Å². The molecular formula is C10H14BrNO2. The van der Waals surface area contributed by atoms with Crippen LogP contribution in [-0.2, 0) is 5.54 Å². The van der Waals surface area contributed by atoms with Gasteiger partial charge >= 0.3 is 0 Å². The molecule has 1 atom stereocenters. The largest absolute Gasteiger partial charge is 0.496 e. The van der Waals surface area contributed by atoms with Crippen LogP contribution in [0.1, 0.15) is 12.5 Å². The molecule has 1 rings (SSSR count). The monoisotopic (exact) mass is 259 g/mol. The minimum Gasteiger partial charge on any atom is -0.496 e. The average Bonchev–Trinajstić information content (AvgIpc) is 2.17. The third-order valence-corrected chi connectivity index (χ3v) is 2.76. The number of hydrogen-bond donors (Lipinski definition) is 2. The molecule has 0 bridgehead atoms. The Morgan fingerprint density at radius 2 is 2.21 bits per heavy atom. The average molecular weight is 260 g/mol. The summed E-state index contributed by atoms with van der Waals surface area (Å²) in [7, 11) is 1.58. The van der Waals surface area contributed by atoms with Gasteiger partial charge in [0, 0.05) is 10.0 Å². The molecule has 0 heterocycles. The van der Waals surface area contributed by atoms with E-state index in [9.17, 15) is 5.11 Å². The molecular weight excluding hydrogens is 246 g/mol. The molecule has 1 aromatic rings. The van der Waals surface area contributed by atoms with E-state index < -0.39 is 5.54 Å². The third-order valence-electron chi connectivity index (χ3n) is 2.09. The third kappa shape index (κ3) is 2.08. The van der Waals surface area contributed by atoms with Crippen LogP contribution in [0.25, 0.3) is 0 Å². The first-order valence-electron chi connectivity index (χ1n) is 4.25. The molecule has 4 heteroatoms. The number of hydrogen-bond acceptors (Lipinski definition) is 3. The van der Waals surface area contributed by atoms with Gasteiger partial charge in [0.05, 0.1) is 19.3 Å². The Morgan fingerprint density at radius 3 is 2.71 bits per heavy atom. The van der Waals surface area contributed by atoms with E-state index >= 15 is 0 Å². The van der Waals surface area contributed by atoms with E-state index in [4.69, 9.17) is 10.5 Å². The van der Waals surface area contributed by atoms with Gasteiger partial charge in [0.1, 0.15) is 5.75 Å². The van der Waals surface area contributed by atoms with Crippen molar-refractivity contribution in [3.8, 4) is 5.75 Å². The number of benzene rings is 1. The standard InChI is InChI=1S/C10H14BrNO2/c1-10(12,6-13)9-7(11)4-3-5-8(9)14-2/h3-5,13H,6,12H2,1-2H3. The molecule has 3 nitrogen and oxygen atoms in total. The van der Waals surface area contributed by atoms with Gasteiger partial charge < -0.3 is 15.6 Å². The highest BCUT2D eigenvalue weighted by Gasteiger charge is 2.26. The molecule has 0 aliphatic heterocycles. The molecule has 3 N–H and O–H groups in total. The SMILES string of the molecule is COc1cccc(Br)c1C(C)(N)CO. The van der Waals surface area contributed by atoms with E-state index in [1.807, 2.05) is 18.2 Å². The Kier molecular flexibility index (Phi) is 3.53. The number of ether oxygens (including phenoxy) is 1. The smallest absolute Gasteiger partial charge is 0.125 e. The van der Waals surface area contributed by atoms with Gasteiger partial charge in [0.25, 0.3) is 0 Å². The summed E-state index contributed by atoms with van der Waals surface area (Å²) in [4.78, 5) is 0. The first-order chi connectivity index (χ1) is 6.53. The molecule has 14 heavy (non-hydrogen) atoms. The summed E-state index contributed by atoms with van der Waals surface area (Å²) < 4.78 is 6.04. The van der Waals surface area contributed by atoms with Gasteiger partial charge in [0.2, 0.25) is 0 Å². The molecule has 78 valence electrons. The molecule has 0 aromatic heterocycles. The van der Waals surface area contributed by atoms with Gasteiger partial charge in [-0.15, -0.1) is 0 Å². The van der Waals surface area contributed by atoms with Crippen LogP contribution in [-0.4, -0.2) is 18.8 Å². The summed E-state index contributed by atoms with van der Waals surface area (Å²) in [5.41, 5.74) is 5.94. The van der Waals surface area contributed by atoms with Gasteiger partial charge in [-0.2, -0.15) is 0 Å². The minimum absolute atomic E-state index is 0.133. The normalized spacial score (nSPS) is 14.9. The van der Waals surface area contributed by atoms with E-state index in [1.54, 1.807) is 14.0 Å². The van der Waals surface area contributed by atoms with Gasteiger partial charge in [-0.05, 0) is 19.1 Å². The van der Waals surface area contributed by atoms with E-state index in [0.29, 0.717) is 5.75 Å². The van der Waals surface area contributed by atoms with Gasteiger partial charge in [-0.3, -0.25) is 0 Å². The molecule has 0 amide bonds. The van der Waals surface area contributed by atoms with Crippen molar-refractivity contribution in [2.75, 3.05) is 13.7 Å². The molecule has 1 aromatic carbocycles. The van der Waals surface area contributed by atoms with E-state index in [2.05, 4.69) is 15.9 Å². The zero-order chi connectivity index (χ0) is 10.8. The van der Waals surface area contributed by atoms with Crippen LogP contribution in [0.5, 0.6) is 5.75 Å². The number of aliphatic hydroxyl groups excluding tert-OH is 1. The lowest BCUT2D eigenvalue weighted by Gasteiger charge is -2.25. The minimum atomic E-state index is -0.800. The molecule has 0 aliphatic rings. The molecule has 0 aliphatic carbocycles. The molecule has 1 unspecified atom stereocenters. The fraction of sp³-hybridized carbons (Fsp3) is 0.400. The molecule has 0 radical (unpaired) electrons. The summed E-state index contributed by atoms with van der Waals surface area (Å²) in [5, 5.41) is 9.19. The summed E-state index contributed by atoms with van der Waals surface area (Å²) in [6.07, 6.45) is 0. The Balaban J connectivity index is 3.30. The second-order valence-electron chi connectivity index (χ2n) is 3.39. The lowest BCUT2D eigenvalue weighted by Crippen LogP contribution is -2.37. The van der Waals surface area contributed by atoms with Crippen molar-refractivity contribution in [3.63, 3.8) is 0 Å². The van der Waals surface area contributed by atoms with Crippen LogP contribution in [0.2, 0.25) is 0 Å². The summed E-state index contributed by atoms with van der Waals surface area (Å²) in [5.74, 6) is 0.679. The highest BCUT2D eigenvalue weighted by molar-refractivity contribution is 9.10.